The van der Waals surface area contributed by atoms with Gasteiger partial charge < -0.3 is 24.3 Å². The van der Waals surface area contributed by atoms with Gasteiger partial charge in [-0.2, -0.15) is 5.26 Å². The van der Waals surface area contributed by atoms with E-state index in [4.69, 9.17) is 18.9 Å². The zero-order valence-corrected chi connectivity index (χ0v) is 14.6. The maximum absolute atomic E-state index is 12.2. The number of carbonyl (C=O) groups excluding carboxylic acids is 1. The van der Waals surface area contributed by atoms with E-state index in [-0.39, 0.29) is 11.7 Å². The number of ether oxygens (including phenoxy) is 4. The van der Waals surface area contributed by atoms with Gasteiger partial charge in [0, 0.05) is 13.2 Å². The average Bonchev–Trinajstić information content (AvgIpc) is 3.16. The van der Waals surface area contributed by atoms with Crippen LogP contribution in [-0.4, -0.2) is 46.5 Å². The van der Waals surface area contributed by atoms with Crippen molar-refractivity contribution in [2.24, 2.45) is 0 Å². The Kier molecular flexibility index (Phi) is 6.66. The molecule has 0 radical (unpaired) electrons. The fourth-order valence-corrected chi connectivity index (χ4v) is 2.61. The number of hydrogen-bond donors (Lipinski definition) is 1. The second-order valence-electron chi connectivity index (χ2n) is 5.47. The fourth-order valence-electron chi connectivity index (χ4n) is 2.61. The summed E-state index contributed by atoms with van der Waals surface area (Å²) < 4.78 is 21.3. The van der Waals surface area contributed by atoms with Crippen molar-refractivity contribution in [2.45, 2.75) is 18.9 Å². The van der Waals surface area contributed by atoms with Crippen LogP contribution in [0.2, 0.25) is 0 Å². The first kappa shape index (κ1) is 18.6. The van der Waals surface area contributed by atoms with E-state index in [1.54, 1.807) is 12.1 Å². The zero-order valence-electron chi connectivity index (χ0n) is 14.6. The Balaban J connectivity index is 2.20. The van der Waals surface area contributed by atoms with Crippen LogP contribution < -0.4 is 19.5 Å². The normalized spacial score (nSPS) is 16.9. The third-order valence-corrected chi connectivity index (χ3v) is 3.88. The van der Waals surface area contributed by atoms with Crippen molar-refractivity contribution in [3.8, 4) is 23.3 Å². The minimum atomic E-state index is -0.438. The summed E-state index contributed by atoms with van der Waals surface area (Å²) in [4.78, 5) is 12.2. The van der Waals surface area contributed by atoms with Gasteiger partial charge >= 0.3 is 0 Å². The van der Waals surface area contributed by atoms with Crippen LogP contribution >= 0.6 is 0 Å². The highest BCUT2D eigenvalue weighted by atomic mass is 16.5. The summed E-state index contributed by atoms with van der Waals surface area (Å²) >= 11 is 0. The molecule has 0 aliphatic carbocycles. The van der Waals surface area contributed by atoms with Crippen LogP contribution in [0.15, 0.2) is 17.7 Å². The number of rotatable bonds is 7. The smallest absolute Gasteiger partial charge is 0.262 e. The number of carbonyl (C=O) groups is 1. The number of nitrogens with zero attached hydrogens (tertiary/aromatic N) is 1. The van der Waals surface area contributed by atoms with Gasteiger partial charge in [0.1, 0.15) is 11.6 Å². The van der Waals surface area contributed by atoms with E-state index in [0.717, 1.165) is 12.8 Å². The molecular formula is C18H22N2O5. The number of methoxy groups -OCH3 is 3. The van der Waals surface area contributed by atoms with E-state index in [1.165, 1.54) is 27.4 Å². The average molecular weight is 346 g/mol. The Hall–Kier alpha value is -2.72. The fraction of sp³-hybridized carbons (Fsp3) is 0.444. The molecule has 1 aliphatic heterocycles. The second-order valence-corrected chi connectivity index (χ2v) is 5.47. The lowest BCUT2D eigenvalue weighted by Crippen LogP contribution is -2.32. The zero-order chi connectivity index (χ0) is 18.2. The molecule has 1 aromatic rings. The number of benzene rings is 1. The van der Waals surface area contributed by atoms with Crippen LogP contribution in [-0.2, 0) is 9.53 Å². The van der Waals surface area contributed by atoms with Crippen molar-refractivity contribution in [3.05, 3.63) is 23.3 Å². The van der Waals surface area contributed by atoms with Crippen LogP contribution in [0.1, 0.15) is 18.4 Å². The predicted octanol–water partition coefficient (Wildman–Crippen LogP) is 1.91. The molecule has 25 heavy (non-hydrogen) atoms. The van der Waals surface area contributed by atoms with E-state index >= 15 is 0 Å². The molecule has 0 spiro atoms. The first-order valence-corrected chi connectivity index (χ1v) is 7.94. The third-order valence-electron chi connectivity index (χ3n) is 3.88. The van der Waals surface area contributed by atoms with Crippen LogP contribution in [0, 0.1) is 11.3 Å². The quantitative estimate of drug-likeness (QED) is 0.599. The highest BCUT2D eigenvalue weighted by Gasteiger charge is 2.18. The molecule has 1 saturated heterocycles. The number of hydrogen-bond acceptors (Lipinski definition) is 6. The first-order valence-electron chi connectivity index (χ1n) is 7.94. The molecule has 1 atom stereocenters. The van der Waals surface area contributed by atoms with Crippen molar-refractivity contribution in [3.63, 3.8) is 0 Å². The van der Waals surface area contributed by atoms with Crippen molar-refractivity contribution in [2.75, 3.05) is 34.5 Å². The highest BCUT2D eigenvalue weighted by Crippen LogP contribution is 2.38. The van der Waals surface area contributed by atoms with Gasteiger partial charge in [0.15, 0.2) is 11.5 Å². The van der Waals surface area contributed by atoms with E-state index in [1.807, 2.05) is 6.07 Å². The molecule has 1 aromatic carbocycles. The summed E-state index contributed by atoms with van der Waals surface area (Å²) in [6.07, 6.45) is 3.41. The third kappa shape index (κ3) is 4.64. The van der Waals surface area contributed by atoms with Crippen molar-refractivity contribution >= 4 is 12.0 Å². The molecule has 0 bridgehead atoms. The Labute approximate surface area is 147 Å². The van der Waals surface area contributed by atoms with Crippen LogP contribution in [0.4, 0.5) is 0 Å². The minimum absolute atomic E-state index is 0.00716. The summed E-state index contributed by atoms with van der Waals surface area (Å²) in [6, 6.07) is 5.27. The van der Waals surface area contributed by atoms with Crippen molar-refractivity contribution in [1.29, 1.82) is 5.26 Å². The summed E-state index contributed by atoms with van der Waals surface area (Å²) in [6.45, 7) is 1.11. The molecule has 1 unspecified atom stereocenters. The van der Waals surface area contributed by atoms with Crippen LogP contribution in [0.25, 0.3) is 6.08 Å². The summed E-state index contributed by atoms with van der Waals surface area (Å²) in [7, 11) is 4.52. The lowest BCUT2D eigenvalue weighted by molar-refractivity contribution is -0.117. The molecule has 1 aliphatic rings. The number of amides is 1. The molecule has 134 valence electrons. The molecule has 7 heteroatoms. The monoisotopic (exact) mass is 346 g/mol. The topological polar surface area (TPSA) is 89.8 Å². The molecular weight excluding hydrogens is 324 g/mol. The van der Waals surface area contributed by atoms with Gasteiger partial charge in [-0.05, 0) is 36.6 Å². The summed E-state index contributed by atoms with van der Waals surface area (Å²) in [5.41, 5.74) is 0.589. The van der Waals surface area contributed by atoms with E-state index in [2.05, 4.69) is 5.32 Å². The Morgan fingerprint density at radius 1 is 1.32 bits per heavy atom. The summed E-state index contributed by atoms with van der Waals surface area (Å²) in [5.74, 6) is 0.908. The lowest BCUT2D eigenvalue weighted by Gasteiger charge is -2.13. The van der Waals surface area contributed by atoms with Gasteiger partial charge in [-0.1, -0.05) is 0 Å². The predicted molar refractivity (Wildman–Crippen MR) is 91.7 cm³/mol. The Bertz CT molecular complexity index is 662. The highest BCUT2D eigenvalue weighted by molar-refractivity contribution is 6.01. The molecule has 1 amide bonds. The Morgan fingerprint density at radius 2 is 2.00 bits per heavy atom. The number of nitrogens with one attached hydrogen (secondary N) is 1. The number of nitriles is 1. The van der Waals surface area contributed by atoms with E-state index in [9.17, 15) is 10.1 Å². The Morgan fingerprint density at radius 3 is 2.48 bits per heavy atom. The molecule has 1 heterocycles. The van der Waals surface area contributed by atoms with Gasteiger partial charge in [-0.3, -0.25) is 4.79 Å². The molecule has 7 nitrogen and oxygen atoms in total. The molecule has 0 aromatic heterocycles. The van der Waals surface area contributed by atoms with Crippen molar-refractivity contribution < 1.29 is 23.7 Å². The van der Waals surface area contributed by atoms with Gasteiger partial charge in [0.2, 0.25) is 5.75 Å². The maximum Gasteiger partial charge on any atom is 0.262 e. The van der Waals surface area contributed by atoms with Gasteiger partial charge in [0.05, 0.1) is 27.4 Å². The van der Waals surface area contributed by atoms with E-state index in [0.29, 0.717) is 36.0 Å². The van der Waals surface area contributed by atoms with Gasteiger partial charge in [-0.15, -0.1) is 0 Å². The SMILES string of the molecule is COc1cc(C=C(C#N)C(=O)NCC2CCCO2)cc(OC)c1OC. The van der Waals surface area contributed by atoms with Gasteiger partial charge in [0.25, 0.3) is 5.91 Å². The first-order chi connectivity index (χ1) is 12.1. The van der Waals surface area contributed by atoms with Crippen LogP contribution in [0.3, 0.4) is 0 Å². The minimum Gasteiger partial charge on any atom is -0.493 e. The maximum atomic E-state index is 12.2. The van der Waals surface area contributed by atoms with Crippen LogP contribution in [0.5, 0.6) is 17.2 Å². The molecule has 1 fully saturated rings. The molecule has 0 saturated carbocycles. The lowest BCUT2D eigenvalue weighted by atomic mass is 10.1. The molecule has 1 N–H and O–H groups in total. The van der Waals surface area contributed by atoms with Crippen molar-refractivity contribution in [1.82, 2.24) is 5.32 Å². The second kappa shape index (κ2) is 8.94. The summed E-state index contributed by atoms with van der Waals surface area (Å²) in [5, 5.41) is 12.0. The largest absolute Gasteiger partial charge is 0.493 e. The van der Waals surface area contributed by atoms with E-state index < -0.39 is 5.91 Å². The van der Waals surface area contributed by atoms with Gasteiger partial charge in [-0.25, -0.2) is 0 Å². The molecule has 2 rings (SSSR count). The standard InChI is InChI=1S/C18H22N2O5/c1-22-15-8-12(9-16(23-2)17(15)24-3)7-13(10-19)18(21)20-11-14-5-4-6-25-14/h7-9,14H,4-6,11H2,1-3H3,(H,20,21).